The zero-order valence-electron chi connectivity index (χ0n) is 18.0. The number of rotatable bonds is 12. The predicted octanol–water partition coefficient (Wildman–Crippen LogP) is 0.301. The molecule has 12 nitrogen and oxygen atoms in total. The zero-order chi connectivity index (χ0) is 23.6. The Kier molecular flexibility index (Phi) is 27.8. The van der Waals surface area contributed by atoms with E-state index in [0.29, 0.717) is 51.7 Å². The van der Waals surface area contributed by atoms with Crippen molar-refractivity contribution in [3.05, 3.63) is 5.53 Å². The van der Waals surface area contributed by atoms with Gasteiger partial charge in [0.25, 0.3) is 0 Å². The molecule has 0 aliphatic carbocycles. The normalized spacial score (nSPS) is 8.70. The van der Waals surface area contributed by atoms with Gasteiger partial charge in [0, 0.05) is 26.1 Å². The lowest BCUT2D eigenvalue weighted by molar-refractivity contribution is -0.148. The summed E-state index contributed by atoms with van der Waals surface area (Å²) in [4.78, 5) is 44.2. The summed E-state index contributed by atoms with van der Waals surface area (Å²) in [5, 5.41) is 8.20. The van der Waals surface area contributed by atoms with Crippen LogP contribution < -0.4 is 0 Å². The Labute approximate surface area is 176 Å². The van der Waals surface area contributed by atoms with Crippen molar-refractivity contribution in [1.29, 1.82) is 0 Å². The summed E-state index contributed by atoms with van der Waals surface area (Å²) in [5.74, 6) is -1.55. The quantitative estimate of drug-likeness (QED) is 0.112. The van der Waals surface area contributed by atoms with E-state index >= 15 is 0 Å². The largest absolute Gasteiger partial charge is 0.469 e. The fraction of sp³-hybridized carbons (Fsp3) is 0.722. The molecular weight excluding hydrogens is 404 g/mol. The maximum absolute atomic E-state index is 10.8. The van der Waals surface area contributed by atoms with Crippen molar-refractivity contribution in [2.24, 2.45) is 0 Å². The van der Waals surface area contributed by atoms with E-state index in [0.717, 1.165) is 0 Å². The molecule has 0 saturated heterocycles. The molecule has 12 heteroatoms. The molecule has 0 saturated carbocycles. The molecule has 1 N–H and O–H groups in total. The van der Waals surface area contributed by atoms with Gasteiger partial charge in [-0.05, 0) is 26.7 Å². The number of aliphatic hydroxyl groups excluding tert-OH is 1. The van der Waals surface area contributed by atoms with Crippen molar-refractivity contribution >= 4 is 30.1 Å². The third kappa shape index (κ3) is 29.9. The van der Waals surface area contributed by atoms with Gasteiger partial charge in [-0.25, -0.2) is 9.59 Å². The molecule has 0 aromatic rings. The second-order valence-electron chi connectivity index (χ2n) is 4.94. The Bertz CT molecular complexity index is 519. The molecule has 0 amide bonds. The topological polar surface area (TPSA) is 171 Å². The highest BCUT2D eigenvalue weighted by molar-refractivity contribution is 6.20. The molecule has 0 aromatic carbocycles. The van der Waals surface area contributed by atoms with Crippen LogP contribution in [0.5, 0.6) is 0 Å². The van der Waals surface area contributed by atoms with Gasteiger partial charge in [-0.3, -0.25) is 9.59 Å². The molecule has 0 unspecified atom stereocenters. The number of aliphatic hydroxyl groups is 1. The summed E-state index contributed by atoms with van der Waals surface area (Å²) in [6, 6.07) is 0. The van der Waals surface area contributed by atoms with Gasteiger partial charge in [0.1, 0.15) is 6.61 Å². The van der Waals surface area contributed by atoms with E-state index < -0.39 is 5.97 Å². The fourth-order valence-electron chi connectivity index (χ4n) is 1.33. The SMILES string of the molecule is CCOC(=O)C=[N+]=[N-].CCOC(=O)COCCCC(=O)OC.COC(=O)CCCO. The minimum absolute atomic E-state index is 0.0507. The van der Waals surface area contributed by atoms with E-state index in [2.05, 4.69) is 23.7 Å². The molecule has 30 heavy (non-hydrogen) atoms. The molecule has 0 bridgehead atoms. The van der Waals surface area contributed by atoms with Crippen molar-refractivity contribution in [3.63, 3.8) is 0 Å². The van der Waals surface area contributed by atoms with Crippen molar-refractivity contribution in [2.45, 2.75) is 39.5 Å². The van der Waals surface area contributed by atoms with Gasteiger partial charge in [0.05, 0.1) is 27.4 Å². The molecule has 174 valence electrons. The van der Waals surface area contributed by atoms with Gasteiger partial charge in [0.2, 0.25) is 0 Å². The van der Waals surface area contributed by atoms with Crippen LogP contribution in [0.4, 0.5) is 0 Å². The number of carbonyl (C=O) groups excluding carboxylic acids is 4. The minimum atomic E-state index is -0.630. The third-order valence-electron chi connectivity index (χ3n) is 2.64. The van der Waals surface area contributed by atoms with Crippen LogP contribution in [0.3, 0.4) is 0 Å². The number of methoxy groups -OCH3 is 2. The summed E-state index contributed by atoms with van der Waals surface area (Å²) in [7, 11) is 2.67. The van der Waals surface area contributed by atoms with Crippen LogP contribution >= 0.6 is 0 Å². The molecule has 0 radical (unpaired) electrons. The summed E-state index contributed by atoms with van der Waals surface area (Å²) < 4.78 is 22.7. The summed E-state index contributed by atoms with van der Waals surface area (Å²) >= 11 is 0. The van der Waals surface area contributed by atoms with Crippen molar-refractivity contribution in [2.75, 3.05) is 47.3 Å². The molecular formula is C18H32N2O10. The maximum atomic E-state index is 10.8. The molecule has 0 atom stereocenters. The Morgan fingerprint density at radius 2 is 1.43 bits per heavy atom. The smallest absolute Gasteiger partial charge is 0.413 e. The number of hydrogen-bond donors (Lipinski definition) is 1. The summed E-state index contributed by atoms with van der Waals surface area (Å²) in [6.45, 7) is 4.39. The molecule has 0 aromatic heterocycles. The van der Waals surface area contributed by atoms with Crippen LogP contribution in [0, 0.1) is 0 Å². The lowest BCUT2D eigenvalue weighted by Gasteiger charge is -2.03. The van der Waals surface area contributed by atoms with E-state index in [1.54, 1.807) is 13.8 Å². The van der Waals surface area contributed by atoms with Gasteiger partial charge < -0.3 is 34.3 Å². The van der Waals surface area contributed by atoms with Gasteiger partial charge in [-0.1, -0.05) is 0 Å². The second kappa shape index (κ2) is 26.2. The number of nitrogens with zero attached hydrogens (tertiary/aromatic N) is 2. The Morgan fingerprint density at radius 1 is 0.900 bits per heavy atom. The van der Waals surface area contributed by atoms with Crippen LogP contribution in [-0.4, -0.2) is 87.2 Å². The maximum Gasteiger partial charge on any atom is 0.413 e. The highest BCUT2D eigenvalue weighted by Crippen LogP contribution is 1.93. The molecule has 0 aliphatic rings. The standard InChI is InChI=1S/C9H16O5.C5H10O3.C4H6N2O2/c1-3-14-9(11)7-13-6-4-5-8(10)12-2;1-8-5(7)3-2-4-6;1-2-8-4(7)3-6-5/h3-7H2,1-2H3;6H,2-4H2,1H3;3H,2H2,1H3. The number of ether oxygens (including phenoxy) is 5. The van der Waals surface area contributed by atoms with E-state index in [4.69, 9.17) is 15.4 Å². The first-order chi connectivity index (χ1) is 14.3. The highest BCUT2D eigenvalue weighted by Gasteiger charge is 2.02. The first kappa shape index (κ1) is 31.9. The minimum Gasteiger partial charge on any atom is -0.469 e. The van der Waals surface area contributed by atoms with Crippen LogP contribution in [0.1, 0.15) is 39.5 Å². The van der Waals surface area contributed by atoms with E-state index in [1.165, 1.54) is 14.2 Å². The third-order valence-corrected chi connectivity index (χ3v) is 2.64. The van der Waals surface area contributed by atoms with Crippen LogP contribution in [0.2, 0.25) is 0 Å². The monoisotopic (exact) mass is 436 g/mol. The fourth-order valence-corrected chi connectivity index (χ4v) is 1.33. The molecule has 0 spiro atoms. The van der Waals surface area contributed by atoms with Crippen LogP contribution in [0.25, 0.3) is 5.53 Å². The zero-order valence-corrected chi connectivity index (χ0v) is 18.0. The number of carbonyl (C=O) groups is 4. The second-order valence-corrected chi connectivity index (χ2v) is 4.94. The average molecular weight is 436 g/mol. The van der Waals surface area contributed by atoms with Gasteiger partial charge in [0.15, 0.2) is 0 Å². The molecule has 0 fully saturated rings. The number of esters is 4. The van der Waals surface area contributed by atoms with Crippen molar-refractivity contribution in [3.8, 4) is 0 Å². The summed E-state index contributed by atoms with van der Waals surface area (Å²) in [5.41, 5.74) is 7.73. The first-order valence-corrected chi connectivity index (χ1v) is 9.14. The average Bonchev–Trinajstić information content (AvgIpc) is 2.73. The van der Waals surface area contributed by atoms with Gasteiger partial charge >= 0.3 is 30.1 Å². The molecule has 0 rings (SSSR count). The molecule has 0 heterocycles. The summed E-state index contributed by atoms with van der Waals surface area (Å²) in [6.07, 6.45) is 2.36. The Hall–Kier alpha value is -2.82. The van der Waals surface area contributed by atoms with Gasteiger partial charge in [-0.15, -0.1) is 0 Å². The Balaban J connectivity index is -0.000000391. The lowest BCUT2D eigenvalue weighted by Crippen LogP contribution is -2.13. The van der Waals surface area contributed by atoms with Gasteiger partial charge in [-0.2, -0.15) is 4.79 Å². The van der Waals surface area contributed by atoms with Crippen molar-refractivity contribution in [1.82, 2.24) is 0 Å². The first-order valence-electron chi connectivity index (χ1n) is 9.14. The van der Waals surface area contributed by atoms with E-state index in [9.17, 15) is 19.2 Å². The predicted molar refractivity (Wildman–Crippen MR) is 103 cm³/mol. The van der Waals surface area contributed by atoms with Crippen LogP contribution in [0.15, 0.2) is 0 Å². The highest BCUT2D eigenvalue weighted by atomic mass is 16.6. The van der Waals surface area contributed by atoms with Crippen LogP contribution in [-0.2, 0) is 42.9 Å². The van der Waals surface area contributed by atoms with Crippen molar-refractivity contribution < 1.29 is 52.8 Å². The molecule has 0 aliphatic heterocycles. The lowest BCUT2D eigenvalue weighted by atomic mass is 10.3. The van der Waals surface area contributed by atoms with E-state index in [1.807, 2.05) is 0 Å². The number of hydrogen-bond acceptors (Lipinski definition) is 10. The van der Waals surface area contributed by atoms with E-state index in [-0.39, 0.29) is 31.1 Å². The Morgan fingerprint density at radius 3 is 1.87 bits per heavy atom.